The van der Waals surface area contributed by atoms with Gasteiger partial charge in [-0.05, 0) is 19.8 Å². The van der Waals surface area contributed by atoms with Crippen LogP contribution in [-0.2, 0) is 9.53 Å². The molecule has 0 aliphatic rings. The van der Waals surface area contributed by atoms with Crippen molar-refractivity contribution in [3.05, 3.63) is 12.2 Å². The van der Waals surface area contributed by atoms with Crippen LogP contribution in [0.3, 0.4) is 0 Å². The molecule has 2 nitrogen and oxygen atoms in total. The van der Waals surface area contributed by atoms with Crippen LogP contribution in [0, 0.1) is 0 Å². The fraction of sp³-hybridized carbons (Fsp3) is 0.750. The SMILES string of the molecule is C=C(C)C(=O)OCCCCCCCC([SiH3])(Cl)Cl. The molecule has 0 heterocycles. The minimum atomic E-state index is -0.461. The van der Waals surface area contributed by atoms with Gasteiger partial charge in [-0.3, -0.25) is 0 Å². The second-order valence-corrected chi connectivity index (χ2v) is 9.34. The van der Waals surface area contributed by atoms with Gasteiger partial charge in [0.05, 0.1) is 10.6 Å². The lowest BCUT2D eigenvalue weighted by atomic mass is 10.1. The Hall–Kier alpha value is 0.00688. The first kappa shape index (κ1) is 17.0. The zero-order valence-electron chi connectivity index (χ0n) is 10.7. The van der Waals surface area contributed by atoms with Gasteiger partial charge in [-0.1, -0.05) is 32.3 Å². The van der Waals surface area contributed by atoms with E-state index in [1.54, 1.807) is 6.92 Å². The first-order chi connectivity index (χ1) is 7.83. The van der Waals surface area contributed by atoms with Gasteiger partial charge in [0, 0.05) is 15.8 Å². The number of halogens is 2. The number of carbonyl (C=O) groups excluding carboxylic acids is 1. The third kappa shape index (κ3) is 12.3. The van der Waals surface area contributed by atoms with E-state index in [9.17, 15) is 4.79 Å². The standard InChI is InChI=1S/C12H22Cl2O2Si/c1-10(2)11(15)16-9-7-5-3-4-6-8-12(13,14)17/h1,3-9H2,2,17H3. The van der Waals surface area contributed by atoms with Gasteiger partial charge < -0.3 is 4.74 Å². The van der Waals surface area contributed by atoms with Crippen LogP contribution in [0.2, 0.25) is 0 Å². The third-order valence-electron chi connectivity index (χ3n) is 2.34. The van der Waals surface area contributed by atoms with Gasteiger partial charge in [0.1, 0.15) is 0 Å². The van der Waals surface area contributed by atoms with Crippen molar-refractivity contribution in [3.8, 4) is 0 Å². The molecule has 0 rings (SSSR count). The van der Waals surface area contributed by atoms with Crippen LogP contribution >= 0.6 is 23.2 Å². The number of esters is 1. The number of carbonyl (C=O) groups is 1. The maximum absolute atomic E-state index is 11.0. The Morgan fingerprint density at radius 3 is 2.29 bits per heavy atom. The maximum atomic E-state index is 11.0. The molecule has 0 fully saturated rings. The van der Waals surface area contributed by atoms with Gasteiger partial charge in [-0.2, -0.15) is 0 Å². The van der Waals surface area contributed by atoms with Crippen molar-refractivity contribution in [1.82, 2.24) is 0 Å². The molecule has 0 saturated heterocycles. The fourth-order valence-corrected chi connectivity index (χ4v) is 1.98. The highest BCUT2D eigenvalue weighted by Crippen LogP contribution is 2.23. The fourth-order valence-electron chi connectivity index (χ4n) is 1.36. The molecule has 0 atom stereocenters. The van der Waals surface area contributed by atoms with Crippen molar-refractivity contribution < 1.29 is 9.53 Å². The highest BCUT2D eigenvalue weighted by molar-refractivity contribution is 6.65. The van der Waals surface area contributed by atoms with Gasteiger partial charge in [-0.25, -0.2) is 4.79 Å². The summed E-state index contributed by atoms with van der Waals surface area (Å²) in [5, 5.41) is 0. The quantitative estimate of drug-likeness (QED) is 0.215. The van der Waals surface area contributed by atoms with Crippen LogP contribution in [-0.4, -0.2) is 26.8 Å². The summed E-state index contributed by atoms with van der Waals surface area (Å²) in [6.07, 6.45) is 6.21. The zero-order valence-corrected chi connectivity index (χ0v) is 14.2. The Bertz CT molecular complexity index is 249. The summed E-state index contributed by atoms with van der Waals surface area (Å²) in [6, 6.07) is 0. The molecule has 0 aromatic carbocycles. The normalized spacial score (nSPS) is 11.5. The molecule has 17 heavy (non-hydrogen) atoms. The van der Waals surface area contributed by atoms with E-state index in [0.29, 0.717) is 12.2 Å². The van der Waals surface area contributed by atoms with E-state index in [4.69, 9.17) is 27.9 Å². The van der Waals surface area contributed by atoms with E-state index < -0.39 is 3.96 Å². The largest absolute Gasteiger partial charge is 0.462 e. The molecule has 5 heteroatoms. The second kappa shape index (κ2) is 9.01. The highest BCUT2D eigenvalue weighted by atomic mass is 35.5. The smallest absolute Gasteiger partial charge is 0.333 e. The van der Waals surface area contributed by atoms with Crippen LogP contribution in [0.15, 0.2) is 12.2 Å². The van der Waals surface area contributed by atoms with Gasteiger partial charge in [0.15, 0.2) is 0 Å². The van der Waals surface area contributed by atoms with E-state index in [1.807, 2.05) is 0 Å². The van der Waals surface area contributed by atoms with Gasteiger partial charge >= 0.3 is 5.97 Å². The van der Waals surface area contributed by atoms with Crippen LogP contribution in [0.25, 0.3) is 0 Å². The number of hydrogen-bond donors (Lipinski definition) is 0. The molecule has 0 saturated carbocycles. The van der Waals surface area contributed by atoms with Gasteiger partial charge in [0.25, 0.3) is 0 Å². The Kier molecular flexibility index (Phi) is 9.01. The molecular weight excluding hydrogens is 275 g/mol. The lowest BCUT2D eigenvalue weighted by Crippen LogP contribution is -2.11. The van der Waals surface area contributed by atoms with Gasteiger partial charge in [-0.15, -0.1) is 23.2 Å². The second-order valence-electron chi connectivity index (χ2n) is 4.50. The Labute approximate surface area is 117 Å². The first-order valence-corrected chi connectivity index (χ1v) is 7.79. The Balaban J connectivity index is 3.25. The number of hydrogen-bond acceptors (Lipinski definition) is 2. The van der Waals surface area contributed by atoms with E-state index in [2.05, 4.69) is 6.58 Å². The number of unbranched alkanes of at least 4 members (excludes halogenated alkanes) is 4. The molecule has 0 aliphatic heterocycles. The minimum absolute atomic E-state index is 0.296. The van der Waals surface area contributed by atoms with Crippen molar-refractivity contribution in [2.24, 2.45) is 0 Å². The zero-order chi connectivity index (χ0) is 13.3. The van der Waals surface area contributed by atoms with E-state index >= 15 is 0 Å². The van der Waals surface area contributed by atoms with Crippen molar-refractivity contribution in [2.75, 3.05) is 6.61 Å². The third-order valence-corrected chi connectivity index (χ3v) is 3.22. The lowest BCUT2D eigenvalue weighted by molar-refractivity contribution is -0.139. The maximum Gasteiger partial charge on any atom is 0.333 e. The number of alkyl halides is 2. The summed E-state index contributed by atoms with van der Waals surface area (Å²) in [7, 11) is 0.809. The average molecular weight is 297 g/mol. The summed E-state index contributed by atoms with van der Waals surface area (Å²) < 4.78 is 4.53. The molecule has 0 aliphatic carbocycles. The Morgan fingerprint density at radius 2 is 1.76 bits per heavy atom. The highest BCUT2D eigenvalue weighted by Gasteiger charge is 2.14. The number of ether oxygens (including phenoxy) is 1. The van der Waals surface area contributed by atoms with Crippen LogP contribution in [0.4, 0.5) is 0 Å². The summed E-state index contributed by atoms with van der Waals surface area (Å²) in [4.78, 5) is 11.0. The van der Waals surface area contributed by atoms with Crippen LogP contribution in [0.1, 0.15) is 45.4 Å². The molecule has 0 amide bonds. The van der Waals surface area contributed by atoms with Crippen molar-refractivity contribution in [3.63, 3.8) is 0 Å². The molecule has 0 bridgehead atoms. The van der Waals surface area contributed by atoms with Crippen LogP contribution < -0.4 is 0 Å². The molecule has 0 aromatic rings. The molecule has 0 aromatic heterocycles. The predicted molar refractivity (Wildman–Crippen MR) is 77.9 cm³/mol. The lowest BCUT2D eigenvalue weighted by Gasteiger charge is -2.12. The predicted octanol–water partition coefficient (Wildman–Crippen LogP) is 2.94. The first-order valence-electron chi connectivity index (χ1n) is 6.03. The van der Waals surface area contributed by atoms with Crippen molar-refractivity contribution in [1.29, 1.82) is 0 Å². The molecule has 100 valence electrons. The minimum Gasteiger partial charge on any atom is -0.462 e. The summed E-state index contributed by atoms with van der Waals surface area (Å²) >= 11 is 11.8. The molecule has 0 unspecified atom stereocenters. The van der Waals surface area contributed by atoms with E-state index in [1.165, 1.54) is 0 Å². The van der Waals surface area contributed by atoms with Crippen molar-refractivity contribution >= 4 is 39.4 Å². The molecule has 0 spiro atoms. The average Bonchev–Trinajstić information content (AvgIpc) is 2.19. The topological polar surface area (TPSA) is 26.3 Å². The Morgan fingerprint density at radius 1 is 1.24 bits per heavy atom. The van der Waals surface area contributed by atoms with Crippen molar-refractivity contribution in [2.45, 2.75) is 49.4 Å². The summed E-state index contributed by atoms with van der Waals surface area (Å²) in [6.45, 7) is 5.66. The molecule has 0 N–H and O–H groups in total. The van der Waals surface area contributed by atoms with Crippen LogP contribution in [0.5, 0.6) is 0 Å². The molecule has 0 radical (unpaired) electrons. The number of rotatable bonds is 9. The molecular formula is C12H22Cl2O2Si. The monoisotopic (exact) mass is 296 g/mol. The van der Waals surface area contributed by atoms with E-state index in [-0.39, 0.29) is 5.97 Å². The van der Waals surface area contributed by atoms with Gasteiger partial charge in [0.2, 0.25) is 0 Å². The summed E-state index contributed by atoms with van der Waals surface area (Å²) in [5.41, 5.74) is 0.456. The van der Waals surface area contributed by atoms with E-state index in [0.717, 1.165) is 48.8 Å². The summed E-state index contributed by atoms with van der Waals surface area (Å²) in [5.74, 6) is -0.296.